The first-order valence-electron chi connectivity index (χ1n) is 6.45. The minimum atomic E-state index is 0.466. The smallest absolute Gasteiger partial charge is 0.180 e. The van der Waals surface area contributed by atoms with E-state index in [1.165, 1.54) is 11.3 Å². The van der Waals surface area contributed by atoms with E-state index in [9.17, 15) is 0 Å². The Labute approximate surface area is 126 Å². The minimum Gasteiger partial charge on any atom is -0.488 e. The second kappa shape index (κ2) is 6.28. The highest BCUT2D eigenvalue weighted by molar-refractivity contribution is 7.15. The van der Waals surface area contributed by atoms with Crippen LogP contribution in [0.1, 0.15) is 4.88 Å². The number of para-hydroxylation sites is 1. The predicted octanol–water partition coefficient (Wildman–Crippen LogP) is 4.10. The molecule has 2 N–H and O–H groups in total. The fourth-order valence-electron chi connectivity index (χ4n) is 1.77. The predicted molar refractivity (Wildman–Crippen MR) is 83.8 cm³/mol. The zero-order chi connectivity index (χ0) is 14.5. The summed E-state index contributed by atoms with van der Waals surface area (Å²) in [6.45, 7) is 0.466. The van der Waals surface area contributed by atoms with Gasteiger partial charge in [-0.2, -0.15) is 0 Å². The molecule has 0 bridgehead atoms. The maximum absolute atomic E-state index is 5.72. The number of nitrogen functional groups attached to an aromatic ring is 1. The van der Waals surface area contributed by atoms with E-state index in [1.807, 2.05) is 54.6 Å². The van der Waals surface area contributed by atoms with Crippen molar-refractivity contribution in [2.24, 2.45) is 0 Å². The molecule has 0 spiro atoms. The summed E-state index contributed by atoms with van der Waals surface area (Å²) in [6.07, 6.45) is 1.73. The Morgan fingerprint density at radius 2 is 1.57 bits per heavy atom. The molecular weight excluding hydrogens is 284 g/mol. The summed E-state index contributed by atoms with van der Waals surface area (Å²) >= 11 is 1.43. The van der Waals surface area contributed by atoms with Gasteiger partial charge in [0.25, 0.3) is 0 Å². The van der Waals surface area contributed by atoms with E-state index in [2.05, 4.69) is 4.98 Å². The van der Waals surface area contributed by atoms with Gasteiger partial charge >= 0.3 is 0 Å². The molecule has 106 valence electrons. The zero-order valence-corrected chi connectivity index (χ0v) is 12.0. The number of benzene rings is 2. The van der Waals surface area contributed by atoms with Crippen molar-refractivity contribution >= 4 is 16.5 Å². The van der Waals surface area contributed by atoms with Gasteiger partial charge in [-0.25, -0.2) is 4.98 Å². The van der Waals surface area contributed by atoms with E-state index in [1.54, 1.807) is 6.20 Å². The molecule has 1 heterocycles. The fourth-order valence-corrected chi connectivity index (χ4v) is 2.37. The minimum absolute atomic E-state index is 0.466. The van der Waals surface area contributed by atoms with Crippen molar-refractivity contribution in [1.82, 2.24) is 4.98 Å². The standard InChI is InChI=1S/C16H14N2O2S/c17-16-18-10-15(21-16)11-19-12-6-8-14(9-7-12)20-13-4-2-1-3-5-13/h1-10H,11H2,(H2,17,18). The normalized spacial score (nSPS) is 10.3. The van der Waals surface area contributed by atoms with E-state index in [0.29, 0.717) is 11.7 Å². The third kappa shape index (κ3) is 3.73. The number of anilines is 1. The highest BCUT2D eigenvalue weighted by Crippen LogP contribution is 2.24. The first-order valence-corrected chi connectivity index (χ1v) is 7.27. The van der Waals surface area contributed by atoms with Gasteiger partial charge < -0.3 is 15.2 Å². The van der Waals surface area contributed by atoms with Crippen LogP contribution in [0, 0.1) is 0 Å². The van der Waals surface area contributed by atoms with Crippen molar-refractivity contribution in [1.29, 1.82) is 0 Å². The van der Waals surface area contributed by atoms with Crippen LogP contribution in [0.4, 0.5) is 5.13 Å². The van der Waals surface area contributed by atoms with E-state index in [4.69, 9.17) is 15.2 Å². The number of nitrogens with two attached hydrogens (primary N) is 1. The Balaban J connectivity index is 1.59. The van der Waals surface area contributed by atoms with E-state index < -0.39 is 0 Å². The Kier molecular flexibility index (Phi) is 4.02. The molecule has 21 heavy (non-hydrogen) atoms. The summed E-state index contributed by atoms with van der Waals surface area (Å²) < 4.78 is 11.4. The van der Waals surface area contributed by atoms with Crippen LogP contribution in [0.2, 0.25) is 0 Å². The molecule has 0 aliphatic carbocycles. The highest BCUT2D eigenvalue weighted by atomic mass is 32.1. The van der Waals surface area contributed by atoms with Crippen LogP contribution in [0.15, 0.2) is 60.8 Å². The van der Waals surface area contributed by atoms with Gasteiger partial charge in [-0.15, -0.1) is 0 Å². The molecule has 0 radical (unpaired) electrons. The lowest BCUT2D eigenvalue weighted by atomic mass is 10.3. The molecule has 0 amide bonds. The molecule has 3 rings (SSSR count). The lowest BCUT2D eigenvalue weighted by Gasteiger charge is -2.07. The maximum atomic E-state index is 5.72. The van der Waals surface area contributed by atoms with Crippen LogP contribution in [0.25, 0.3) is 0 Å². The molecule has 0 fully saturated rings. The van der Waals surface area contributed by atoms with Gasteiger partial charge in [0.05, 0.1) is 4.88 Å². The van der Waals surface area contributed by atoms with Gasteiger partial charge in [0.15, 0.2) is 5.13 Å². The third-order valence-corrected chi connectivity index (χ3v) is 3.56. The van der Waals surface area contributed by atoms with Crippen molar-refractivity contribution in [3.05, 3.63) is 65.7 Å². The van der Waals surface area contributed by atoms with Crippen molar-refractivity contribution in [2.45, 2.75) is 6.61 Å². The van der Waals surface area contributed by atoms with Crippen LogP contribution in [0.3, 0.4) is 0 Å². The molecule has 4 nitrogen and oxygen atoms in total. The van der Waals surface area contributed by atoms with Crippen LogP contribution in [0.5, 0.6) is 17.2 Å². The third-order valence-electron chi connectivity index (χ3n) is 2.76. The molecule has 0 saturated carbocycles. The molecule has 5 heteroatoms. The van der Waals surface area contributed by atoms with Crippen molar-refractivity contribution < 1.29 is 9.47 Å². The van der Waals surface area contributed by atoms with Crippen molar-refractivity contribution in [3.63, 3.8) is 0 Å². The number of hydrogen-bond donors (Lipinski definition) is 1. The SMILES string of the molecule is Nc1ncc(COc2ccc(Oc3ccccc3)cc2)s1. The molecule has 0 aliphatic rings. The summed E-state index contributed by atoms with van der Waals surface area (Å²) in [4.78, 5) is 4.98. The molecule has 0 unspecified atom stereocenters. The summed E-state index contributed by atoms with van der Waals surface area (Å²) in [5.74, 6) is 2.37. The summed E-state index contributed by atoms with van der Waals surface area (Å²) in [6, 6.07) is 17.2. The molecule has 0 aliphatic heterocycles. The monoisotopic (exact) mass is 298 g/mol. The lowest BCUT2D eigenvalue weighted by molar-refractivity contribution is 0.309. The van der Waals surface area contributed by atoms with E-state index >= 15 is 0 Å². The van der Waals surface area contributed by atoms with E-state index in [0.717, 1.165) is 22.1 Å². The summed E-state index contributed by atoms with van der Waals surface area (Å²) in [5.41, 5.74) is 5.58. The highest BCUT2D eigenvalue weighted by Gasteiger charge is 2.01. The number of aromatic nitrogens is 1. The molecular formula is C16H14N2O2S. The largest absolute Gasteiger partial charge is 0.488 e. The molecule has 3 aromatic rings. The fraction of sp³-hybridized carbons (Fsp3) is 0.0625. The number of thiazole rings is 1. The number of nitrogens with zero attached hydrogens (tertiary/aromatic N) is 1. The average Bonchev–Trinajstić information content (AvgIpc) is 2.93. The average molecular weight is 298 g/mol. The van der Waals surface area contributed by atoms with Gasteiger partial charge in [0.1, 0.15) is 23.9 Å². The van der Waals surface area contributed by atoms with Gasteiger partial charge in [0.2, 0.25) is 0 Å². The number of ether oxygens (including phenoxy) is 2. The maximum Gasteiger partial charge on any atom is 0.180 e. The van der Waals surface area contributed by atoms with Gasteiger partial charge in [0, 0.05) is 6.20 Å². The van der Waals surface area contributed by atoms with Gasteiger partial charge in [-0.1, -0.05) is 29.5 Å². The molecule has 2 aromatic carbocycles. The van der Waals surface area contributed by atoms with Crippen LogP contribution in [-0.4, -0.2) is 4.98 Å². The molecule has 0 atom stereocenters. The van der Waals surface area contributed by atoms with Crippen LogP contribution >= 0.6 is 11.3 Å². The van der Waals surface area contributed by atoms with Gasteiger partial charge in [-0.05, 0) is 36.4 Å². The summed E-state index contributed by atoms with van der Waals surface area (Å²) in [5, 5.41) is 0.556. The Hall–Kier alpha value is -2.53. The number of rotatable bonds is 5. The van der Waals surface area contributed by atoms with Gasteiger partial charge in [-0.3, -0.25) is 0 Å². The lowest BCUT2D eigenvalue weighted by Crippen LogP contribution is -1.92. The van der Waals surface area contributed by atoms with Crippen LogP contribution in [-0.2, 0) is 6.61 Å². The molecule has 0 saturated heterocycles. The van der Waals surface area contributed by atoms with Crippen molar-refractivity contribution in [3.8, 4) is 17.2 Å². The quantitative estimate of drug-likeness (QED) is 0.770. The topological polar surface area (TPSA) is 57.4 Å². The molecule has 1 aromatic heterocycles. The second-order valence-corrected chi connectivity index (χ2v) is 5.49. The second-order valence-electron chi connectivity index (χ2n) is 4.34. The van der Waals surface area contributed by atoms with Crippen molar-refractivity contribution in [2.75, 3.05) is 5.73 Å². The summed E-state index contributed by atoms with van der Waals surface area (Å²) in [7, 11) is 0. The van der Waals surface area contributed by atoms with Crippen LogP contribution < -0.4 is 15.2 Å². The first kappa shape index (κ1) is 13.5. The Morgan fingerprint density at radius 3 is 2.24 bits per heavy atom. The Morgan fingerprint density at radius 1 is 0.905 bits per heavy atom. The Bertz CT molecular complexity index is 696. The zero-order valence-electron chi connectivity index (χ0n) is 11.2. The van der Waals surface area contributed by atoms with E-state index in [-0.39, 0.29) is 0 Å². The number of hydrogen-bond acceptors (Lipinski definition) is 5. The first-order chi connectivity index (χ1) is 10.3.